The molecule has 0 saturated heterocycles. The molecule has 0 radical (unpaired) electrons. The number of ether oxygens (including phenoxy) is 1. The molecule has 1 aromatic heterocycles. The molecular formula is C7H13N3O. The zero-order valence-electron chi connectivity index (χ0n) is 6.42. The normalized spacial score (nSPS) is 9.91. The molecule has 11 heavy (non-hydrogen) atoms. The summed E-state index contributed by atoms with van der Waals surface area (Å²) in [5, 5.41) is 0. The SMILES string of the molecule is NCCCCOc1ncc[nH]1. The third-order valence-corrected chi connectivity index (χ3v) is 1.31. The van der Waals surface area contributed by atoms with E-state index >= 15 is 0 Å². The fraction of sp³-hybridized carbons (Fsp3) is 0.571. The largest absolute Gasteiger partial charge is 0.465 e. The molecule has 4 heteroatoms. The second-order valence-corrected chi connectivity index (χ2v) is 2.24. The highest BCUT2D eigenvalue weighted by molar-refractivity contribution is 4.91. The van der Waals surface area contributed by atoms with Crippen molar-refractivity contribution in [3.63, 3.8) is 0 Å². The van der Waals surface area contributed by atoms with Crippen LogP contribution in [0.15, 0.2) is 12.4 Å². The predicted molar refractivity (Wildman–Crippen MR) is 42.4 cm³/mol. The monoisotopic (exact) mass is 155 g/mol. The summed E-state index contributed by atoms with van der Waals surface area (Å²) in [4.78, 5) is 6.75. The molecule has 1 aromatic rings. The molecule has 0 amide bonds. The third kappa shape index (κ3) is 3.04. The number of nitrogens with one attached hydrogen (secondary N) is 1. The van der Waals surface area contributed by atoms with Gasteiger partial charge in [-0.25, -0.2) is 4.98 Å². The highest BCUT2D eigenvalue weighted by Crippen LogP contribution is 1.99. The number of hydrogen-bond donors (Lipinski definition) is 2. The van der Waals surface area contributed by atoms with Crippen LogP contribution in [0.2, 0.25) is 0 Å². The lowest BCUT2D eigenvalue weighted by atomic mass is 10.3. The van der Waals surface area contributed by atoms with Gasteiger partial charge in [0.05, 0.1) is 6.61 Å². The van der Waals surface area contributed by atoms with Crippen molar-refractivity contribution in [2.24, 2.45) is 5.73 Å². The van der Waals surface area contributed by atoms with E-state index < -0.39 is 0 Å². The van der Waals surface area contributed by atoms with E-state index in [9.17, 15) is 0 Å². The van der Waals surface area contributed by atoms with Gasteiger partial charge < -0.3 is 15.5 Å². The Morgan fingerprint density at radius 2 is 2.45 bits per heavy atom. The molecule has 0 saturated carbocycles. The standard InChI is InChI=1S/C7H13N3O/c8-3-1-2-6-11-7-9-4-5-10-7/h4-5H,1-3,6,8H2,(H,9,10). The van der Waals surface area contributed by atoms with E-state index in [4.69, 9.17) is 10.5 Å². The Labute approximate surface area is 65.8 Å². The van der Waals surface area contributed by atoms with Gasteiger partial charge in [0, 0.05) is 12.4 Å². The molecule has 62 valence electrons. The molecule has 0 atom stereocenters. The van der Waals surface area contributed by atoms with Gasteiger partial charge in [0.2, 0.25) is 0 Å². The fourth-order valence-electron chi connectivity index (χ4n) is 0.745. The Hall–Kier alpha value is -1.03. The van der Waals surface area contributed by atoms with Gasteiger partial charge in [-0.05, 0) is 19.4 Å². The zero-order valence-corrected chi connectivity index (χ0v) is 6.42. The summed E-state index contributed by atoms with van der Waals surface area (Å²) in [6, 6.07) is 0.585. The third-order valence-electron chi connectivity index (χ3n) is 1.31. The van der Waals surface area contributed by atoms with Crippen LogP contribution in [0.25, 0.3) is 0 Å². The van der Waals surface area contributed by atoms with Gasteiger partial charge in [-0.3, -0.25) is 0 Å². The molecular weight excluding hydrogens is 142 g/mol. The van der Waals surface area contributed by atoms with Crippen LogP contribution in [0, 0.1) is 0 Å². The Balaban J connectivity index is 2.04. The van der Waals surface area contributed by atoms with Gasteiger partial charge >= 0.3 is 0 Å². The lowest BCUT2D eigenvalue weighted by Crippen LogP contribution is -2.03. The number of rotatable bonds is 5. The molecule has 1 heterocycles. The van der Waals surface area contributed by atoms with Gasteiger partial charge in [0.25, 0.3) is 6.01 Å². The van der Waals surface area contributed by atoms with Crippen molar-refractivity contribution in [1.82, 2.24) is 9.97 Å². The molecule has 1 rings (SSSR count). The van der Waals surface area contributed by atoms with E-state index in [1.165, 1.54) is 0 Å². The van der Waals surface area contributed by atoms with Gasteiger partial charge in [-0.15, -0.1) is 0 Å². The molecule has 3 N–H and O–H groups in total. The van der Waals surface area contributed by atoms with Crippen molar-refractivity contribution in [2.45, 2.75) is 12.8 Å². The van der Waals surface area contributed by atoms with Crippen molar-refractivity contribution < 1.29 is 4.74 Å². The van der Waals surface area contributed by atoms with E-state index in [-0.39, 0.29) is 0 Å². The summed E-state index contributed by atoms with van der Waals surface area (Å²) in [6.45, 7) is 1.41. The van der Waals surface area contributed by atoms with Crippen molar-refractivity contribution in [1.29, 1.82) is 0 Å². The minimum Gasteiger partial charge on any atom is -0.465 e. The highest BCUT2D eigenvalue weighted by Gasteiger charge is 1.92. The number of H-pyrrole nitrogens is 1. The van der Waals surface area contributed by atoms with E-state index in [2.05, 4.69) is 9.97 Å². The quantitative estimate of drug-likeness (QED) is 0.609. The van der Waals surface area contributed by atoms with Crippen molar-refractivity contribution in [3.05, 3.63) is 12.4 Å². The Kier molecular flexibility index (Phi) is 3.47. The van der Waals surface area contributed by atoms with Crippen molar-refractivity contribution in [2.75, 3.05) is 13.2 Å². The fourth-order valence-corrected chi connectivity index (χ4v) is 0.745. The van der Waals surface area contributed by atoms with Gasteiger partial charge in [0.15, 0.2) is 0 Å². The summed E-state index contributed by atoms with van der Waals surface area (Å²) < 4.78 is 5.23. The second-order valence-electron chi connectivity index (χ2n) is 2.24. The first-order chi connectivity index (χ1) is 5.43. The van der Waals surface area contributed by atoms with Crippen molar-refractivity contribution in [3.8, 4) is 6.01 Å². The predicted octanol–water partition coefficient (Wildman–Crippen LogP) is 0.527. The van der Waals surface area contributed by atoms with Crippen LogP contribution in [-0.2, 0) is 0 Å². The average Bonchev–Trinajstić information content (AvgIpc) is 2.50. The summed E-state index contributed by atoms with van der Waals surface area (Å²) in [5.41, 5.74) is 5.31. The van der Waals surface area contributed by atoms with E-state index in [1.807, 2.05) is 0 Å². The maximum absolute atomic E-state index is 5.31. The minimum absolute atomic E-state index is 0.585. The minimum atomic E-state index is 0.585. The van der Waals surface area contributed by atoms with E-state index in [0.29, 0.717) is 12.6 Å². The first kappa shape index (κ1) is 8.07. The maximum atomic E-state index is 5.31. The van der Waals surface area contributed by atoms with Crippen molar-refractivity contribution >= 4 is 0 Å². The first-order valence-corrected chi connectivity index (χ1v) is 3.75. The van der Waals surface area contributed by atoms with Gasteiger partial charge in [-0.2, -0.15) is 0 Å². The average molecular weight is 155 g/mol. The number of nitrogens with zero attached hydrogens (tertiary/aromatic N) is 1. The number of aromatic amines is 1. The molecule has 0 aliphatic carbocycles. The summed E-state index contributed by atoms with van der Waals surface area (Å²) in [7, 11) is 0. The molecule has 0 aromatic carbocycles. The number of aromatic nitrogens is 2. The lowest BCUT2D eigenvalue weighted by molar-refractivity contribution is 0.287. The summed E-state index contributed by atoms with van der Waals surface area (Å²) in [6.07, 6.45) is 5.38. The Morgan fingerprint density at radius 3 is 3.09 bits per heavy atom. The number of nitrogens with two attached hydrogens (primary N) is 1. The van der Waals surface area contributed by atoms with Crippen LogP contribution in [0.5, 0.6) is 6.01 Å². The molecule has 0 spiro atoms. The topological polar surface area (TPSA) is 63.9 Å². The molecule has 0 unspecified atom stereocenters. The van der Waals surface area contributed by atoms with E-state index in [1.54, 1.807) is 12.4 Å². The molecule has 4 nitrogen and oxygen atoms in total. The van der Waals surface area contributed by atoms with Crippen LogP contribution < -0.4 is 10.5 Å². The Morgan fingerprint density at radius 1 is 1.55 bits per heavy atom. The van der Waals surface area contributed by atoms with E-state index in [0.717, 1.165) is 19.4 Å². The summed E-state index contributed by atoms with van der Waals surface area (Å²) >= 11 is 0. The number of unbranched alkanes of at least 4 members (excludes halogenated alkanes) is 1. The summed E-state index contributed by atoms with van der Waals surface area (Å²) in [5.74, 6) is 0. The molecule has 0 bridgehead atoms. The van der Waals surface area contributed by atoms with Crippen LogP contribution in [0.3, 0.4) is 0 Å². The van der Waals surface area contributed by atoms with Crippen LogP contribution in [0.1, 0.15) is 12.8 Å². The number of imidazole rings is 1. The molecule has 0 aliphatic rings. The second kappa shape index (κ2) is 4.73. The Bertz CT molecular complexity index is 174. The smallest absolute Gasteiger partial charge is 0.293 e. The van der Waals surface area contributed by atoms with Crippen LogP contribution >= 0.6 is 0 Å². The lowest BCUT2D eigenvalue weighted by Gasteiger charge is -1.99. The first-order valence-electron chi connectivity index (χ1n) is 3.75. The van der Waals surface area contributed by atoms with Gasteiger partial charge in [0.1, 0.15) is 0 Å². The van der Waals surface area contributed by atoms with Crippen LogP contribution in [0.4, 0.5) is 0 Å². The maximum Gasteiger partial charge on any atom is 0.293 e. The molecule has 0 aliphatic heterocycles. The molecule has 0 fully saturated rings. The van der Waals surface area contributed by atoms with Gasteiger partial charge in [-0.1, -0.05) is 0 Å². The zero-order chi connectivity index (χ0) is 7.94. The number of hydrogen-bond acceptors (Lipinski definition) is 3. The highest BCUT2D eigenvalue weighted by atomic mass is 16.5. The van der Waals surface area contributed by atoms with Crippen LogP contribution in [-0.4, -0.2) is 23.1 Å².